The van der Waals surface area contributed by atoms with Gasteiger partial charge in [-0.15, -0.1) is 10.2 Å². The summed E-state index contributed by atoms with van der Waals surface area (Å²) in [5.41, 5.74) is 0.894. The molecule has 0 spiro atoms. The molecule has 1 aromatic heterocycles. The SMILES string of the molecule is CCc1nnc(NC(=O)CNCCCNc2ccc([N+](=O)[O-])cc2)s1. The van der Waals surface area contributed by atoms with Crippen molar-refractivity contribution in [3.63, 3.8) is 0 Å². The molecule has 0 saturated heterocycles. The molecular formula is C15H20N6O3S. The van der Waals surface area contributed by atoms with Crippen molar-refractivity contribution in [3.05, 3.63) is 39.4 Å². The van der Waals surface area contributed by atoms with Crippen LogP contribution in [0.3, 0.4) is 0 Å². The van der Waals surface area contributed by atoms with Gasteiger partial charge in [-0.2, -0.15) is 0 Å². The molecule has 0 fully saturated rings. The number of rotatable bonds is 10. The quantitative estimate of drug-likeness (QED) is 0.335. The molecule has 3 N–H and O–H groups in total. The molecule has 0 atom stereocenters. The van der Waals surface area contributed by atoms with Gasteiger partial charge in [0.05, 0.1) is 11.5 Å². The average molecular weight is 364 g/mol. The lowest BCUT2D eigenvalue weighted by Gasteiger charge is -2.07. The minimum atomic E-state index is -0.427. The number of carbonyl (C=O) groups excluding carboxylic acids is 1. The summed E-state index contributed by atoms with van der Waals surface area (Å²) in [5, 5.41) is 28.7. The van der Waals surface area contributed by atoms with E-state index in [4.69, 9.17) is 0 Å². The number of benzene rings is 1. The van der Waals surface area contributed by atoms with Gasteiger partial charge < -0.3 is 10.6 Å². The molecule has 10 heteroatoms. The number of nitro benzene ring substituents is 1. The van der Waals surface area contributed by atoms with Crippen molar-refractivity contribution in [2.75, 3.05) is 30.3 Å². The Labute approximate surface area is 149 Å². The van der Waals surface area contributed by atoms with Crippen molar-refractivity contribution in [1.82, 2.24) is 15.5 Å². The topological polar surface area (TPSA) is 122 Å². The monoisotopic (exact) mass is 364 g/mol. The second-order valence-corrected chi connectivity index (χ2v) is 6.23. The van der Waals surface area contributed by atoms with E-state index < -0.39 is 4.92 Å². The van der Waals surface area contributed by atoms with Crippen LogP contribution in [0.25, 0.3) is 0 Å². The van der Waals surface area contributed by atoms with Crippen LogP contribution in [0.4, 0.5) is 16.5 Å². The summed E-state index contributed by atoms with van der Waals surface area (Å²) in [6.07, 6.45) is 1.61. The molecule has 1 aromatic carbocycles. The van der Waals surface area contributed by atoms with Gasteiger partial charge in [-0.1, -0.05) is 18.3 Å². The Morgan fingerprint density at radius 2 is 2.00 bits per heavy atom. The van der Waals surface area contributed by atoms with Crippen molar-refractivity contribution in [2.45, 2.75) is 19.8 Å². The number of nitrogens with one attached hydrogen (secondary N) is 3. The molecule has 134 valence electrons. The predicted molar refractivity (Wildman–Crippen MR) is 97.0 cm³/mol. The summed E-state index contributed by atoms with van der Waals surface area (Å²) >= 11 is 1.37. The third-order valence-corrected chi connectivity index (χ3v) is 4.22. The van der Waals surface area contributed by atoms with Crippen LogP contribution in [0.15, 0.2) is 24.3 Å². The maximum Gasteiger partial charge on any atom is 0.269 e. The molecule has 1 amide bonds. The van der Waals surface area contributed by atoms with Gasteiger partial charge in [0.2, 0.25) is 11.0 Å². The molecule has 25 heavy (non-hydrogen) atoms. The molecule has 1 heterocycles. The van der Waals surface area contributed by atoms with Gasteiger partial charge in [-0.05, 0) is 31.5 Å². The number of aromatic nitrogens is 2. The lowest BCUT2D eigenvalue weighted by Crippen LogP contribution is -2.29. The Balaban J connectivity index is 1.56. The molecule has 0 aliphatic rings. The van der Waals surface area contributed by atoms with Crippen molar-refractivity contribution in [1.29, 1.82) is 0 Å². The Morgan fingerprint density at radius 1 is 1.24 bits per heavy atom. The van der Waals surface area contributed by atoms with E-state index in [-0.39, 0.29) is 18.1 Å². The molecule has 9 nitrogen and oxygen atoms in total. The summed E-state index contributed by atoms with van der Waals surface area (Å²) in [6.45, 7) is 3.56. The standard InChI is InChI=1S/C15H20N6O3S/c1-2-14-19-20-15(25-14)18-13(22)10-16-8-3-9-17-11-4-6-12(7-5-11)21(23)24/h4-7,16-17H,2-3,8-10H2,1H3,(H,18,20,22). The maximum absolute atomic E-state index is 11.7. The number of non-ortho nitro benzene ring substituents is 1. The molecule has 0 aliphatic heterocycles. The second-order valence-electron chi connectivity index (χ2n) is 5.16. The smallest absolute Gasteiger partial charge is 0.269 e. The zero-order chi connectivity index (χ0) is 18.1. The highest BCUT2D eigenvalue weighted by Crippen LogP contribution is 2.15. The van der Waals surface area contributed by atoms with Crippen LogP contribution in [0.2, 0.25) is 0 Å². The first-order chi connectivity index (χ1) is 12.1. The molecular weight excluding hydrogens is 344 g/mol. The number of hydrogen-bond acceptors (Lipinski definition) is 8. The highest BCUT2D eigenvalue weighted by Gasteiger charge is 2.07. The molecule has 0 radical (unpaired) electrons. The number of nitrogens with zero attached hydrogens (tertiary/aromatic N) is 3. The zero-order valence-corrected chi connectivity index (χ0v) is 14.6. The first-order valence-electron chi connectivity index (χ1n) is 7.89. The molecule has 2 aromatic rings. The van der Waals surface area contributed by atoms with E-state index in [1.807, 2.05) is 6.92 Å². The molecule has 0 bridgehead atoms. The van der Waals surface area contributed by atoms with Gasteiger partial charge in [0.15, 0.2) is 0 Å². The Kier molecular flexibility index (Phi) is 7.23. The van der Waals surface area contributed by atoms with Crippen LogP contribution in [0.5, 0.6) is 0 Å². The average Bonchev–Trinajstić information content (AvgIpc) is 3.06. The fraction of sp³-hybridized carbons (Fsp3) is 0.400. The van der Waals surface area contributed by atoms with Crippen LogP contribution in [-0.2, 0) is 11.2 Å². The lowest BCUT2D eigenvalue weighted by atomic mass is 10.3. The van der Waals surface area contributed by atoms with Crippen LogP contribution >= 0.6 is 11.3 Å². The third-order valence-electron chi connectivity index (χ3n) is 3.24. The van der Waals surface area contributed by atoms with Crippen LogP contribution < -0.4 is 16.0 Å². The van der Waals surface area contributed by atoms with Gasteiger partial charge in [-0.25, -0.2) is 0 Å². The fourth-order valence-corrected chi connectivity index (χ4v) is 2.66. The Hall–Kier alpha value is -2.59. The van der Waals surface area contributed by atoms with Crippen LogP contribution in [0.1, 0.15) is 18.4 Å². The predicted octanol–water partition coefficient (Wildman–Crippen LogP) is 2.04. The van der Waals surface area contributed by atoms with Gasteiger partial charge >= 0.3 is 0 Å². The summed E-state index contributed by atoms with van der Waals surface area (Å²) < 4.78 is 0. The van der Waals surface area contributed by atoms with Crippen molar-refractivity contribution >= 4 is 33.8 Å². The number of carbonyl (C=O) groups is 1. The number of amides is 1. The van der Waals surface area contributed by atoms with E-state index in [1.54, 1.807) is 12.1 Å². The Bertz CT molecular complexity index is 704. The normalized spacial score (nSPS) is 10.4. The van der Waals surface area contributed by atoms with Crippen molar-refractivity contribution in [3.8, 4) is 0 Å². The largest absolute Gasteiger partial charge is 0.385 e. The first kappa shape index (κ1) is 18.7. The van der Waals surface area contributed by atoms with Gasteiger partial charge in [0, 0.05) is 24.4 Å². The van der Waals surface area contributed by atoms with E-state index in [1.165, 1.54) is 23.5 Å². The summed E-state index contributed by atoms with van der Waals surface area (Å²) in [5.74, 6) is -0.151. The third kappa shape index (κ3) is 6.43. The van der Waals surface area contributed by atoms with Crippen molar-refractivity contribution in [2.24, 2.45) is 0 Å². The van der Waals surface area contributed by atoms with E-state index in [0.717, 1.165) is 23.5 Å². The highest BCUT2D eigenvalue weighted by atomic mass is 32.1. The van der Waals surface area contributed by atoms with Crippen LogP contribution in [-0.4, -0.2) is 40.7 Å². The molecule has 0 aliphatic carbocycles. The van der Waals surface area contributed by atoms with Crippen molar-refractivity contribution < 1.29 is 9.72 Å². The minimum Gasteiger partial charge on any atom is -0.385 e. The minimum absolute atomic E-state index is 0.0692. The van der Waals surface area contributed by atoms with Gasteiger partial charge in [0.25, 0.3) is 5.69 Å². The van der Waals surface area contributed by atoms with Gasteiger partial charge in [0.1, 0.15) is 5.01 Å². The fourth-order valence-electron chi connectivity index (χ4n) is 1.96. The van der Waals surface area contributed by atoms with E-state index in [9.17, 15) is 14.9 Å². The number of hydrogen-bond donors (Lipinski definition) is 3. The molecule has 2 rings (SSSR count). The number of aryl methyl sites for hydroxylation is 1. The van der Waals surface area contributed by atoms with Gasteiger partial charge in [-0.3, -0.25) is 20.2 Å². The second kappa shape index (κ2) is 9.64. The molecule has 0 saturated carbocycles. The Morgan fingerprint density at radius 3 is 2.64 bits per heavy atom. The highest BCUT2D eigenvalue weighted by molar-refractivity contribution is 7.15. The first-order valence-corrected chi connectivity index (χ1v) is 8.71. The summed E-state index contributed by atoms with van der Waals surface area (Å²) in [4.78, 5) is 21.9. The van der Waals surface area contributed by atoms with E-state index >= 15 is 0 Å². The van der Waals surface area contributed by atoms with Crippen LogP contribution in [0, 0.1) is 10.1 Å². The number of anilines is 2. The van der Waals surface area contributed by atoms with E-state index in [0.29, 0.717) is 18.2 Å². The summed E-state index contributed by atoms with van der Waals surface area (Å²) in [7, 11) is 0. The summed E-state index contributed by atoms with van der Waals surface area (Å²) in [6, 6.07) is 6.27. The maximum atomic E-state index is 11.7. The van der Waals surface area contributed by atoms with E-state index in [2.05, 4.69) is 26.1 Å². The number of nitro groups is 1. The lowest BCUT2D eigenvalue weighted by molar-refractivity contribution is -0.384. The molecule has 0 unspecified atom stereocenters. The zero-order valence-electron chi connectivity index (χ0n) is 13.8.